The Kier molecular flexibility index (Phi) is 5.35. The molecule has 0 aliphatic carbocycles. The third kappa shape index (κ3) is 3.97. The smallest absolute Gasteiger partial charge is 0.285 e. The maximum Gasteiger partial charge on any atom is 0.285 e. The summed E-state index contributed by atoms with van der Waals surface area (Å²) in [4.78, 5) is 21.5. The fraction of sp³-hybridized carbons (Fsp3) is 0.417. The van der Waals surface area contributed by atoms with Crippen LogP contribution in [0.15, 0.2) is 12.1 Å². The predicted octanol–water partition coefficient (Wildman–Crippen LogP) is 2.79. The van der Waals surface area contributed by atoms with Gasteiger partial charge in [0.1, 0.15) is 5.56 Å². The zero-order valence-corrected chi connectivity index (χ0v) is 10.4. The highest BCUT2D eigenvalue weighted by atomic mass is 19.2. The van der Waals surface area contributed by atoms with Gasteiger partial charge in [0.15, 0.2) is 11.6 Å². The standard InChI is InChI=1S/C12H14F2N2O3/c1-2-3-4-5-15-12(17)8-6-9(13)10(14)7-11(8)16(18)19/h6-7H,2-5H2,1H3,(H,15,17). The van der Waals surface area contributed by atoms with E-state index in [-0.39, 0.29) is 0 Å². The first kappa shape index (κ1) is 15.0. The van der Waals surface area contributed by atoms with Crippen LogP contribution in [0.5, 0.6) is 0 Å². The summed E-state index contributed by atoms with van der Waals surface area (Å²) in [5.41, 5.74) is -1.22. The van der Waals surface area contributed by atoms with E-state index in [9.17, 15) is 23.7 Å². The first-order valence-electron chi connectivity index (χ1n) is 5.89. The molecule has 0 heterocycles. The summed E-state index contributed by atoms with van der Waals surface area (Å²) in [5, 5.41) is 13.1. The molecule has 1 aromatic rings. The van der Waals surface area contributed by atoms with Crippen LogP contribution >= 0.6 is 0 Å². The van der Waals surface area contributed by atoms with Crippen LogP contribution in [0.4, 0.5) is 14.5 Å². The number of hydrogen-bond acceptors (Lipinski definition) is 3. The van der Waals surface area contributed by atoms with E-state index in [1.807, 2.05) is 6.92 Å². The molecule has 0 fully saturated rings. The first-order chi connectivity index (χ1) is 8.97. The number of benzene rings is 1. The van der Waals surface area contributed by atoms with Gasteiger partial charge in [-0.25, -0.2) is 8.78 Å². The number of nitrogens with one attached hydrogen (secondary N) is 1. The van der Waals surface area contributed by atoms with Crippen LogP contribution in [0.1, 0.15) is 36.5 Å². The Morgan fingerprint density at radius 2 is 1.95 bits per heavy atom. The second-order valence-corrected chi connectivity index (χ2v) is 4.00. The highest BCUT2D eigenvalue weighted by Crippen LogP contribution is 2.22. The van der Waals surface area contributed by atoms with E-state index in [0.29, 0.717) is 18.7 Å². The van der Waals surface area contributed by atoms with E-state index in [0.717, 1.165) is 19.3 Å². The molecule has 0 unspecified atom stereocenters. The number of nitro groups is 1. The minimum Gasteiger partial charge on any atom is -0.352 e. The molecule has 0 radical (unpaired) electrons. The zero-order chi connectivity index (χ0) is 14.4. The molecule has 0 saturated heterocycles. The Morgan fingerprint density at radius 1 is 1.32 bits per heavy atom. The van der Waals surface area contributed by atoms with Crippen molar-refractivity contribution >= 4 is 11.6 Å². The van der Waals surface area contributed by atoms with Crippen molar-refractivity contribution < 1.29 is 18.5 Å². The van der Waals surface area contributed by atoms with Gasteiger partial charge in [0.2, 0.25) is 0 Å². The van der Waals surface area contributed by atoms with E-state index in [4.69, 9.17) is 0 Å². The summed E-state index contributed by atoms with van der Waals surface area (Å²) in [6.07, 6.45) is 2.58. The van der Waals surface area contributed by atoms with E-state index in [1.165, 1.54) is 0 Å². The Labute approximate surface area is 108 Å². The SMILES string of the molecule is CCCCCNC(=O)c1cc(F)c(F)cc1[N+](=O)[O-]. The molecule has 0 spiro atoms. The predicted molar refractivity (Wildman–Crippen MR) is 64.9 cm³/mol. The van der Waals surface area contributed by atoms with Crippen molar-refractivity contribution in [3.63, 3.8) is 0 Å². The molecule has 0 aromatic heterocycles. The fourth-order valence-corrected chi connectivity index (χ4v) is 1.54. The Bertz CT molecular complexity index is 492. The van der Waals surface area contributed by atoms with E-state index in [1.54, 1.807) is 0 Å². The van der Waals surface area contributed by atoms with Crippen molar-refractivity contribution in [1.29, 1.82) is 0 Å². The number of nitro benzene ring substituents is 1. The normalized spacial score (nSPS) is 10.3. The average Bonchev–Trinajstić information content (AvgIpc) is 2.36. The third-order valence-electron chi connectivity index (χ3n) is 2.55. The van der Waals surface area contributed by atoms with Crippen molar-refractivity contribution in [3.8, 4) is 0 Å². The number of halogens is 2. The summed E-state index contributed by atoms with van der Waals surface area (Å²) in [5.74, 6) is -3.42. The number of carbonyl (C=O) groups excluding carboxylic acids is 1. The lowest BCUT2D eigenvalue weighted by molar-refractivity contribution is -0.385. The Balaban J connectivity index is 2.89. The summed E-state index contributed by atoms with van der Waals surface area (Å²) >= 11 is 0. The van der Waals surface area contributed by atoms with Crippen molar-refractivity contribution in [2.24, 2.45) is 0 Å². The molecule has 0 bridgehead atoms. The largest absolute Gasteiger partial charge is 0.352 e. The average molecular weight is 272 g/mol. The van der Waals surface area contributed by atoms with E-state index in [2.05, 4.69) is 5.32 Å². The highest BCUT2D eigenvalue weighted by molar-refractivity contribution is 5.98. The number of nitrogens with zero attached hydrogens (tertiary/aromatic N) is 1. The molecule has 1 rings (SSSR count). The molecule has 19 heavy (non-hydrogen) atoms. The van der Waals surface area contributed by atoms with Crippen molar-refractivity contribution in [3.05, 3.63) is 39.4 Å². The van der Waals surface area contributed by atoms with Crippen LogP contribution in [0.2, 0.25) is 0 Å². The first-order valence-corrected chi connectivity index (χ1v) is 5.89. The highest BCUT2D eigenvalue weighted by Gasteiger charge is 2.23. The summed E-state index contributed by atoms with van der Waals surface area (Å²) in [7, 11) is 0. The second kappa shape index (κ2) is 6.77. The third-order valence-corrected chi connectivity index (χ3v) is 2.55. The lowest BCUT2D eigenvalue weighted by Gasteiger charge is -2.06. The van der Waals surface area contributed by atoms with E-state index >= 15 is 0 Å². The van der Waals surface area contributed by atoms with Gasteiger partial charge < -0.3 is 5.32 Å². The van der Waals surface area contributed by atoms with Crippen LogP contribution in [0, 0.1) is 21.7 Å². The zero-order valence-electron chi connectivity index (χ0n) is 10.4. The van der Waals surface area contributed by atoms with Crippen LogP contribution in [-0.2, 0) is 0 Å². The van der Waals surface area contributed by atoms with Gasteiger partial charge in [-0.15, -0.1) is 0 Å². The summed E-state index contributed by atoms with van der Waals surface area (Å²) < 4.78 is 26.0. The Hall–Kier alpha value is -2.05. The van der Waals surface area contributed by atoms with E-state index < -0.39 is 33.7 Å². The van der Waals surface area contributed by atoms with Crippen LogP contribution < -0.4 is 5.32 Å². The van der Waals surface area contributed by atoms with Gasteiger partial charge in [-0.05, 0) is 12.5 Å². The number of unbranched alkanes of at least 4 members (excludes halogenated alkanes) is 2. The molecular weight excluding hydrogens is 258 g/mol. The lowest BCUT2D eigenvalue weighted by Crippen LogP contribution is -2.25. The summed E-state index contributed by atoms with van der Waals surface area (Å²) in [6, 6.07) is 0.957. The number of carbonyl (C=O) groups is 1. The van der Waals surface area contributed by atoms with Gasteiger partial charge in [0, 0.05) is 6.54 Å². The topological polar surface area (TPSA) is 72.2 Å². The molecule has 0 aliphatic rings. The van der Waals surface area contributed by atoms with Crippen molar-refractivity contribution in [2.45, 2.75) is 26.2 Å². The molecule has 5 nitrogen and oxygen atoms in total. The van der Waals surface area contributed by atoms with Gasteiger partial charge in [-0.1, -0.05) is 19.8 Å². The van der Waals surface area contributed by atoms with Gasteiger partial charge in [0.25, 0.3) is 11.6 Å². The molecule has 0 aliphatic heterocycles. The second-order valence-electron chi connectivity index (χ2n) is 4.00. The quantitative estimate of drug-likeness (QED) is 0.491. The molecule has 104 valence electrons. The molecular formula is C12H14F2N2O3. The molecule has 1 N–H and O–H groups in total. The fourth-order valence-electron chi connectivity index (χ4n) is 1.54. The number of rotatable bonds is 6. The van der Waals surface area contributed by atoms with Crippen molar-refractivity contribution in [1.82, 2.24) is 5.32 Å². The minimum atomic E-state index is -1.35. The molecule has 0 saturated carbocycles. The molecule has 1 amide bonds. The molecule has 0 atom stereocenters. The monoisotopic (exact) mass is 272 g/mol. The maximum absolute atomic E-state index is 13.0. The Morgan fingerprint density at radius 3 is 2.53 bits per heavy atom. The van der Waals surface area contributed by atoms with Gasteiger partial charge in [0.05, 0.1) is 11.0 Å². The lowest BCUT2D eigenvalue weighted by atomic mass is 10.1. The number of hydrogen-bond donors (Lipinski definition) is 1. The number of amides is 1. The van der Waals surface area contributed by atoms with Crippen LogP contribution in [0.25, 0.3) is 0 Å². The van der Waals surface area contributed by atoms with Crippen LogP contribution in [-0.4, -0.2) is 17.4 Å². The van der Waals surface area contributed by atoms with Gasteiger partial charge in [-0.3, -0.25) is 14.9 Å². The molecule has 7 heteroatoms. The van der Waals surface area contributed by atoms with Gasteiger partial charge >= 0.3 is 0 Å². The van der Waals surface area contributed by atoms with Crippen LogP contribution in [0.3, 0.4) is 0 Å². The molecule has 1 aromatic carbocycles. The van der Waals surface area contributed by atoms with Crippen molar-refractivity contribution in [2.75, 3.05) is 6.54 Å². The minimum absolute atomic E-state index is 0.336. The summed E-state index contributed by atoms with van der Waals surface area (Å²) in [6.45, 7) is 2.32. The maximum atomic E-state index is 13.0. The van der Waals surface area contributed by atoms with Gasteiger partial charge in [-0.2, -0.15) is 0 Å².